The highest BCUT2D eigenvalue weighted by Gasteiger charge is 2.12. The summed E-state index contributed by atoms with van der Waals surface area (Å²) in [5.41, 5.74) is 1.35. The third kappa shape index (κ3) is 6.53. The lowest BCUT2D eigenvalue weighted by Crippen LogP contribution is -2.28. The van der Waals surface area contributed by atoms with Crippen LogP contribution in [0.5, 0.6) is 17.2 Å². The number of methoxy groups -OCH3 is 3. The van der Waals surface area contributed by atoms with E-state index in [0.29, 0.717) is 22.8 Å². The second-order valence-electron chi connectivity index (χ2n) is 5.80. The number of hydrogen-bond donors (Lipinski definition) is 1. The Morgan fingerprint density at radius 3 is 2.17 bits per heavy atom. The Bertz CT molecular complexity index is 854. The third-order valence-electron chi connectivity index (χ3n) is 3.85. The van der Waals surface area contributed by atoms with Gasteiger partial charge in [0.1, 0.15) is 5.82 Å². The van der Waals surface area contributed by atoms with Crippen LogP contribution in [-0.4, -0.2) is 39.8 Å². The van der Waals surface area contributed by atoms with Gasteiger partial charge < -0.3 is 24.3 Å². The van der Waals surface area contributed by atoms with Crippen LogP contribution in [0.4, 0.5) is 4.39 Å². The number of rotatable bonds is 9. The van der Waals surface area contributed by atoms with Gasteiger partial charge in [-0.25, -0.2) is 9.18 Å². The minimum atomic E-state index is -0.685. The van der Waals surface area contributed by atoms with Gasteiger partial charge in [-0.05, 0) is 41.5 Å². The summed E-state index contributed by atoms with van der Waals surface area (Å²) in [6.45, 7) is -0.225. The van der Waals surface area contributed by atoms with E-state index < -0.39 is 18.5 Å². The Morgan fingerprint density at radius 2 is 1.62 bits per heavy atom. The molecule has 29 heavy (non-hydrogen) atoms. The molecule has 0 aliphatic heterocycles. The highest BCUT2D eigenvalue weighted by molar-refractivity contribution is 5.89. The molecule has 1 amide bonds. The molecule has 0 fully saturated rings. The van der Waals surface area contributed by atoms with Crippen LogP contribution in [0, 0.1) is 5.82 Å². The monoisotopic (exact) mass is 403 g/mol. The number of carbonyl (C=O) groups is 2. The van der Waals surface area contributed by atoms with E-state index in [4.69, 9.17) is 18.9 Å². The maximum atomic E-state index is 12.8. The Hall–Kier alpha value is -3.55. The fraction of sp³-hybridized carbons (Fsp3) is 0.238. The molecule has 0 bridgehead atoms. The lowest BCUT2D eigenvalue weighted by atomic mass is 10.1. The number of halogens is 1. The Labute approximate surface area is 168 Å². The molecular weight excluding hydrogens is 381 g/mol. The first-order valence-corrected chi connectivity index (χ1v) is 8.62. The van der Waals surface area contributed by atoms with Gasteiger partial charge in [0.05, 0.1) is 21.3 Å². The number of nitrogens with one attached hydrogen (secondary N) is 1. The topological polar surface area (TPSA) is 83.1 Å². The summed E-state index contributed by atoms with van der Waals surface area (Å²) in [6.07, 6.45) is 2.69. The largest absolute Gasteiger partial charge is 0.493 e. The first-order valence-electron chi connectivity index (χ1n) is 8.62. The molecule has 0 radical (unpaired) electrons. The van der Waals surface area contributed by atoms with Crippen molar-refractivity contribution in [2.24, 2.45) is 0 Å². The molecule has 0 aromatic heterocycles. The molecule has 7 nitrogen and oxygen atoms in total. The van der Waals surface area contributed by atoms with Crippen LogP contribution in [0.25, 0.3) is 6.08 Å². The molecule has 0 aliphatic carbocycles. The molecule has 0 saturated carbocycles. The summed E-state index contributed by atoms with van der Waals surface area (Å²) >= 11 is 0. The summed E-state index contributed by atoms with van der Waals surface area (Å²) in [7, 11) is 4.47. The lowest BCUT2D eigenvalue weighted by molar-refractivity contribution is -0.143. The minimum absolute atomic E-state index is 0.206. The fourth-order valence-electron chi connectivity index (χ4n) is 2.40. The number of amides is 1. The maximum Gasteiger partial charge on any atom is 0.331 e. The van der Waals surface area contributed by atoms with Gasteiger partial charge in [0.2, 0.25) is 5.75 Å². The van der Waals surface area contributed by atoms with Crippen LogP contribution in [0.15, 0.2) is 42.5 Å². The first kappa shape index (κ1) is 21.7. The third-order valence-corrected chi connectivity index (χ3v) is 3.85. The molecule has 1 N–H and O–H groups in total. The quantitative estimate of drug-likeness (QED) is 0.512. The normalized spacial score (nSPS) is 10.5. The Kier molecular flexibility index (Phi) is 8.02. The van der Waals surface area contributed by atoms with Crippen molar-refractivity contribution in [2.75, 3.05) is 27.9 Å². The summed E-state index contributed by atoms with van der Waals surface area (Å²) < 4.78 is 33.5. The van der Waals surface area contributed by atoms with Crippen LogP contribution in [0.3, 0.4) is 0 Å². The van der Waals surface area contributed by atoms with Gasteiger partial charge in [-0.2, -0.15) is 0 Å². The van der Waals surface area contributed by atoms with Crippen molar-refractivity contribution in [2.45, 2.75) is 6.54 Å². The molecule has 0 saturated heterocycles. The maximum absolute atomic E-state index is 12.8. The van der Waals surface area contributed by atoms with E-state index in [-0.39, 0.29) is 12.4 Å². The summed E-state index contributed by atoms with van der Waals surface area (Å²) in [4.78, 5) is 23.6. The van der Waals surface area contributed by atoms with E-state index >= 15 is 0 Å². The van der Waals surface area contributed by atoms with Crippen molar-refractivity contribution in [3.05, 3.63) is 59.4 Å². The molecule has 2 aromatic rings. The highest BCUT2D eigenvalue weighted by Crippen LogP contribution is 2.38. The molecular formula is C21H22FNO6. The molecule has 8 heteroatoms. The van der Waals surface area contributed by atoms with E-state index in [1.54, 1.807) is 24.3 Å². The highest BCUT2D eigenvalue weighted by atomic mass is 19.1. The number of benzene rings is 2. The lowest BCUT2D eigenvalue weighted by Gasteiger charge is -2.12. The van der Waals surface area contributed by atoms with Gasteiger partial charge in [-0.15, -0.1) is 0 Å². The summed E-state index contributed by atoms with van der Waals surface area (Å²) in [5.74, 6) is -0.180. The molecule has 0 heterocycles. The van der Waals surface area contributed by atoms with Crippen LogP contribution in [-0.2, 0) is 20.9 Å². The van der Waals surface area contributed by atoms with Crippen molar-refractivity contribution in [1.29, 1.82) is 0 Å². The molecule has 2 rings (SSSR count). The average Bonchev–Trinajstić information content (AvgIpc) is 2.74. The molecule has 0 unspecified atom stereocenters. The van der Waals surface area contributed by atoms with Crippen molar-refractivity contribution in [3.63, 3.8) is 0 Å². The Balaban J connectivity index is 1.87. The number of carbonyl (C=O) groups excluding carboxylic acids is 2. The van der Waals surface area contributed by atoms with E-state index in [0.717, 1.165) is 5.56 Å². The number of ether oxygens (including phenoxy) is 4. The van der Waals surface area contributed by atoms with Gasteiger partial charge in [0, 0.05) is 12.6 Å². The molecule has 0 atom stereocenters. The van der Waals surface area contributed by atoms with Crippen molar-refractivity contribution in [1.82, 2.24) is 5.32 Å². The second kappa shape index (κ2) is 10.7. The fourth-order valence-corrected chi connectivity index (χ4v) is 2.40. The van der Waals surface area contributed by atoms with E-state index in [1.807, 2.05) is 0 Å². The predicted molar refractivity (Wildman–Crippen MR) is 104 cm³/mol. The molecule has 0 spiro atoms. The van der Waals surface area contributed by atoms with E-state index in [2.05, 4.69) is 5.32 Å². The van der Waals surface area contributed by atoms with Gasteiger partial charge in [0.15, 0.2) is 18.1 Å². The van der Waals surface area contributed by atoms with E-state index in [1.165, 1.54) is 45.6 Å². The van der Waals surface area contributed by atoms with Crippen LogP contribution >= 0.6 is 0 Å². The van der Waals surface area contributed by atoms with Crippen molar-refractivity contribution >= 4 is 18.0 Å². The van der Waals surface area contributed by atoms with E-state index in [9.17, 15) is 14.0 Å². The number of hydrogen-bond acceptors (Lipinski definition) is 6. The minimum Gasteiger partial charge on any atom is -0.493 e. The first-order chi connectivity index (χ1) is 14.0. The van der Waals surface area contributed by atoms with Crippen LogP contribution in [0.1, 0.15) is 11.1 Å². The smallest absolute Gasteiger partial charge is 0.331 e. The molecule has 0 aliphatic rings. The predicted octanol–water partition coefficient (Wildman–Crippen LogP) is 2.72. The van der Waals surface area contributed by atoms with Gasteiger partial charge in [-0.1, -0.05) is 12.1 Å². The average molecular weight is 403 g/mol. The Morgan fingerprint density at radius 1 is 1.00 bits per heavy atom. The molecule has 2 aromatic carbocycles. The SMILES string of the molecule is COc1cc(C=CC(=O)OCC(=O)NCc2ccc(F)cc2)cc(OC)c1OC. The second-order valence-corrected chi connectivity index (χ2v) is 5.80. The number of esters is 1. The zero-order chi connectivity index (χ0) is 21.2. The summed E-state index contributed by atoms with van der Waals surface area (Å²) in [6, 6.07) is 9.05. The van der Waals surface area contributed by atoms with Gasteiger partial charge in [0.25, 0.3) is 5.91 Å². The standard InChI is InChI=1S/C21H22FNO6/c1-26-17-10-15(11-18(27-2)21(17)28-3)6-9-20(25)29-13-19(24)23-12-14-4-7-16(22)8-5-14/h4-11H,12-13H2,1-3H3,(H,23,24). The van der Waals surface area contributed by atoms with Gasteiger partial charge in [-0.3, -0.25) is 4.79 Å². The van der Waals surface area contributed by atoms with Crippen LogP contribution < -0.4 is 19.5 Å². The summed E-state index contributed by atoms with van der Waals surface area (Å²) in [5, 5.41) is 2.58. The van der Waals surface area contributed by atoms with Gasteiger partial charge >= 0.3 is 5.97 Å². The zero-order valence-corrected chi connectivity index (χ0v) is 16.4. The molecule has 154 valence electrons. The zero-order valence-electron chi connectivity index (χ0n) is 16.4. The van der Waals surface area contributed by atoms with Crippen LogP contribution in [0.2, 0.25) is 0 Å². The van der Waals surface area contributed by atoms with Crippen molar-refractivity contribution in [3.8, 4) is 17.2 Å². The van der Waals surface area contributed by atoms with Crippen molar-refractivity contribution < 1.29 is 32.9 Å².